The standard InChI is InChI=1S/C19H18F3N7O3.C6H10F2.C2H2F2O/c20-19(21,22)13-5-11(17(30)26-13)3-9-4-14-25-12(8-29(14)24-6-9)7-23-18(31)16-15(10-1-2-10)27-32-28-16;7-6(8)4-2-1-3-5-6;3-2(4)1-5/h4,6,8,10-11,13H,1-3,5,7H2,(H,23,31)(H,26,30);1-5H2;1-2H. The number of aromatic nitrogens is 5. The number of imidazole rings is 1. The minimum Gasteiger partial charge on any atom is -0.345 e. The van der Waals surface area contributed by atoms with Crippen LogP contribution in [-0.2, 0) is 22.6 Å². The Labute approximate surface area is 251 Å². The van der Waals surface area contributed by atoms with Gasteiger partial charge in [-0.1, -0.05) is 11.6 Å². The van der Waals surface area contributed by atoms with Crippen molar-refractivity contribution in [1.29, 1.82) is 0 Å². The van der Waals surface area contributed by atoms with Gasteiger partial charge in [0.25, 0.3) is 12.3 Å². The number of aldehydes is 1. The van der Waals surface area contributed by atoms with Crippen LogP contribution in [-0.4, -0.2) is 67.6 Å². The number of nitrogens with zero attached hydrogens (tertiary/aromatic N) is 5. The average molecular weight is 650 g/mol. The summed E-state index contributed by atoms with van der Waals surface area (Å²) in [5.41, 5.74) is 2.32. The number of nitrogens with one attached hydrogen (secondary N) is 2. The minimum absolute atomic E-state index is 0.118. The fourth-order valence-electron chi connectivity index (χ4n) is 4.88. The molecule has 3 aromatic rings. The van der Waals surface area contributed by atoms with Crippen LogP contribution in [0.4, 0.5) is 30.7 Å². The molecule has 45 heavy (non-hydrogen) atoms. The summed E-state index contributed by atoms with van der Waals surface area (Å²) in [6.45, 7) is 0.118. The Morgan fingerprint density at radius 2 is 1.87 bits per heavy atom. The van der Waals surface area contributed by atoms with E-state index in [-0.39, 0.29) is 43.8 Å². The first kappa shape index (κ1) is 33.8. The van der Waals surface area contributed by atoms with E-state index in [9.17, 15) is 40.3 Å². The van der Waals surface area contributed by atoms with Crippen molar-refractivity contribution < 1.29 is 49.7 Å². The largest absolute Gasteiger partial charge is 0.408 e. The van der Waals surface area contributed by atoms with Crippen LogP contribution >= 0.6 is 0 Å². The second-order valence-electron chi connectivity index (χ2n) is 11.0. The number of fused-ring (bicyclic) bond motifs is 1. The summed E-state index contributed by atoms with van der Waals surface area (Å²) < 4.78 is 90.0. The van der Waals surface area contributed by atoms with Gasteiger partial charge in [-0.15, -0.1) is 0 Å². The van der Waals surface area contributed by atoms with Gasteiger partial charge in [-0.2, -0.15) is 18.3 Å². The number of carbonyl (C=O) groups excluding carboxylic acids is 3. The molecule has 0 radical (unpaired) electrons. The van der Waals surface area contributed by atoms with Crippen LogP contribution in [0.1, 0.15) is 84.7 Å². The van der Waals surface area contributed by atoms with Crippen LogP contribution in [0.3, 0.4) is 0 Å². The first-order chi connectivity index (χ1) is 21.3. The Hall–Kier alpha value is -4.12. The molecule has 0 aromatic carbocycles. The van der Waals surface area contributed by atoms with Gasteiger partial charge in [0.1, 0.15) is 11.7 Å². The number of hydrogen-bond acceptors (Lipinski definition) is 8. The molecule has 18 heteroatoms. The zero-order chi connectivity index (χ0) is 32.8. The predicted molar refractivity (Wildman–Crippen MR) is 140 cm³/mol. The summed E-state index contributed by atoms with van der Waals surface area (Å²) in [4.78, 5) is 37.4. The lowest BCUT2D eigenvalue weighted by Crippen LogP contribution is -2.38. The van der Waals surface area contributed by atoms with Crippen LogP contribution in [0.25, 0.3) is 5.65 Å². The SMILES string of the molecule is FC1(F)CCCCC1.O=C(NCc1cn2ncc(CC3CC(C(F)(F)F)NC3=O)cc2n1)c1nonc1C1CC1.O=CC(F)F. The van der Waals surface area contributed by atoms with E-state index in [1.165, 1.54) is 10.7 Å². The van der Waals surface area contributed by atoms with Crippen molar-refractivity contribution in [3.63, 3.8) is 0 Å². The Balaban J connectivity index is 0.000000296. The van der Waals surface area contributed by atoms with Crippen molar-refractivity contribution in [2.75, 3.05) is 0 Å². The van der Waals surface area contributed by atoms with Crippen molar-refractivity contribution in [3.05, 3.63) is 41.1 Å². The van der Waals surface area contributed by atoms with Crippen LogP contribution in [0, 0.1) is 5.92 Å². The normalized spacial score (nSPS) is 20.9. The summed E-state index contributed by atoms with van der Waals surface area (Å²) >= 11 is 0. The van der Waals surface area contributed by atoms with Crippen molar-refractivity contribution in [2.24, 2.45) is 5.92 Å². The molecular formula is C27H30F7N7O4. The molecule has 246 valence electrons. The quantitative estimate of drug-likeness (QED) is 0.280. The van der Waals surface area contributed by atoms with Crippen molar-refractivity contribution in [3.8, 4) is 0 Å². The number of hydrogen-bond donors (Lipinski definition) is 2. The average Bonchev–Trinajstić information content (AvgIpc) is 3.37. The maximum Gasteiger partial charge on any atom is 0.408 e. The molecule has 2 atom stereocenters. The summed E-state index contributed by atoms with van der Waals surface area (Å²) in [5, 5.41) is 16.4. The summed E-state index contributed by atoms with van der Waals surface area (Å²) in [5.74, 6) is -3.92. The molecule has 2 saturated carbocycles. The summed E-state index contributed by atoms with van der Waals surface area (Å²) in [7, 11) is 0. The van der Waals surface area contributed by atoms with Crippen LogP contribution in [0.5, 0.6) is 0 Å². The highest BCUT2D eigenvalue weighted by molar-refractivity contribution is 5.93. The van der Waals surface area contributed by atoms with E-state index >= 15 is 0 Å². The fourth-order valence-corrected chi connectivity index (χ4v) is 4.88. The lowest BCUT2D eigenvalue weighted by atomic mass is 9.97. The molecule has 4 heterocycles. The van der Waals surface area contributed by atoms with Crippen molar-refractivity contribution in [2.45, 2.75) is 94.8 Å². The van der Waals surface area contributed by atoms with Gasteiger partial charge >= 0.3 is 6.18 Å². The second kappa shape index (κ2) is 14.3. The molecule has 0 bridgehead atoms. The zero-order valence-electron chi connectivity index (χ0n) is 23.7. The molecular weight excluding hydrogens is 619 g/mol. The maximum absolute atomic E-state index is 12.9. The minimum atomic E-state index is -4.46. The van der Waals surface area contributed by atoms with Gasteiger partial charge < -0.3 is 10.6 Å². The molecule has 3 aliphatic rings. The molecule has 2 unspecified atom stereocenters. The van der Waals surface area contributed by atoms with Gasteiger partial charge in [-0.05, 0) is 55.3 Å². The topological polar surface area (TPSA) is 144 Å². The third kappa shape index (κ3) is 9.68. The highest BCUT2D eigenvalue weighted by Gasteiger charge is 2.47. The molecule has 0 spiro atoms. The Morgan fingerprint density at radius 1 is 1.18 bits per heavy atom. The second-order valence-corrected chi connectivity index (χ2v) is 11.0. The van der Waals surface area contributed by atoms with Crippen LogP contribution in [0.2, 0.25) is 0 Å². The van der Waals surface area contributed by atoms with Crippen molar-refractivity contribution >= 4 is 23.7 Å². The van der Waals surface area contributed by atoms with E-state index in [4.69, 9.17) is 4.79 Å². The van der Waals surface area contributed by atoms with Gasteiger partial charge in [0.05, 0.1) is 24.6 Å². The lowest BCUT2D eigenvalue weighted by molar-refractivity contribution is -0.154. The molecule has 2 aliphatic carbocycles. The van der Waals surface area contributed by atoms with E-state index in [1.54, 1.807) is 12.3 Å². The van der Waals surface area contributed by atoms with Crippen LogP contribution < -0.4 is 10.6 Å². The molecule has 3 aromatic heterocycles. The van der Waals surface area contributed by atoms with Gasteiger partial charge in [0.15, 0.2) is 17.6 Å². The van der Waals surface area contributed by atoms with E-state index in [2.05, 4.69) is 30.3 Å². The Bertz CT molecular complexity index is 1470. The molecule has 1 saturated heterocycles. The third-order valence-corrected chi connectivity index (χ3v) is 7.32. The molecule has 3 fully saturated rings. The predicted octanol–water partition coefficient (Wildman–Crippen LogP) is 4.57. The van der Waals surface area contributed by atoms with Gasteiger partial charge in [-0.3, -0.25) is 14.4 Å². The third-order valence-electron chi connectivity index (χ3n) is 7.32. The van der Waals surface area contributed by atoms with E-state index < -0.39 is 48.6 Å². The highest BCUT2D eigenvalue weighted by Crippen LogP contribution is 2.40. The monoisotopic (exact) mass is 649 g/mol. The lowest BCUT2D eigenvalue weighted by Gasteiger charge is -2.20. The Morgan fingerprint density at radius 3 is 2.42 bits per heavy atom. The van der Waals surface area contributed by atoms with E-state index in [0.717, 1.165) is 19.3 Å². The Kier molecular flexibility index (Phi) is 10.7. The van der Waals surface area contributed by atoms with Crippen molar-refractivity contribution in [1.82, 2.24) is 35.5 Å². The zero-order valence-corrected chi connectivity index (χ0v) is 23.7. The number of alkyl halides is 7. The van der Waals surface area contributed by atoms with Gasteiger partial charge in [0, 0.05) is 24.7 Å². The summed E-state index contributed by atoms with van der Waals surface area (Å²) in [6, 6.07) is -0.155. The molecule has 1 aliphatic heterocycles. The summed E-state index contributed by atoms with van der Waals surface area (Å²) in [6.07, 6.45) is -0.161. The molecule has 11 nitrogen and oxygen atoms in total. The molecule has 2 amide bonds. The smallest absolute Gasteiger partial charge is 0.345 e. The van der Waals surface area contributed by atoms with Gasteiger partial charge in [0.2, 0.25) is 11.8 Å². The maximum atomic E-state index is 12.9. The van der Waals surface area contributed by atoms with E-state index in [1.807, 2.05) is 5.32 Å². The van der Waals surface area contributed by atoms with Crippen LogP contribution in [0.15, 0.2) is 23.1 Å². The molecule has 2 N–H and O–H groups in total. The number of rotatable bonds is 7. The highest BCUT2D eigenvalue weighted by atomic mass is 19.4. The fraction of sp³-hybridized carbons (Fsp3) is 0.593. The number of amides is 2. The molecule has 6 rings (SSSR count). The number of carbonyl (C=O) groups is 3. The van der Waals surface area contributed by atoms with Gasteiger partial charge in [-0.25, -0.2) is 31.7 Å². The first-order valence-electron chi connectivity index (χ1n) is 14.2. The first-order valence-corrected chi connectivity index (χ1v) is 14.2. The number of halogens is 7. The van der Waals surface area contributed by atoms with E-state index in [0.29, 0.717) is 35.4 Å².